The van der Waals surface area contributed by atoms with E-state index >= 15 is 0 Å². The number of hydrogen-bond acceptors (Lipinski definition) is 3. The van der Waals surface area contributed by atoms with Gasteiger partial charge >= 0.3 is 0 Å². The Morgan fingerprint density at radius 2 is 1.58 bits per heavy atom. The number of hydrogen-bond donors (Lipinski definition) is 0. The van der Waals surface area contributed by atoms with Gasteiger partial charge in [-0.05, 0) is 78.3 Å². The van der Waals surface area contributed by atoms with Gasteiger partial charge in [0, 0.05) is 31.1 Å². The van der Waals surface area contributed by atoms with Crippen LogP contribution >= 0.6 is 0 Å². The van der Waals surface area contributed by atoms with Crippen molar-refractivity contribution in [3.63, 3.8) is 0 Å². The minimum Gasteiger partial charge on any atom is -0.375 e. The Balaban J connectivity index is 1.31. The number of ether oxygens (including phenoxy) is 1. The van der Waals surface area contributed by atoms with Gasteiger partial charge in [0.2, 0.25) is 0 Å². The summed E-state index contributed by atoms with van der Waals surface area (Å²) in [5, 5.41) is 0. The smallest absolute Gasteiger partial charge is 0.0603 e. The van der Waals surface area contributed by atoms with E-state index < -0.39 is 0 Å². The van der Waals surface area contributed by atoms with Crippen molar-refractivity contribution in [2.75, 3.05) is 32.7 Å². The quantitative estimate of drug-likeness (QED) is 0.734. The molecule has 0 atom stereocenters. The second-order valence-corrected chi connectivity index (χ2v) is 9.19. The SMILES string of the molecule is C#CC1CC(OC2CCN(CC3CCN(C(C)(C)C)CC3)CC2)C1. The highest BCUT2D eigenvalue weighted by Gasteiger charge is 2.32. The first kappa shape index (κ1) is 18.2. The molecule has 0 N–H and O–H groups in total. The lowest BCUT2D eigenvalue weighted by atomic mass is 9.83. The molecule has 3 aliphatic rings. The number of terminal acetylenes is 1. The molecule has 0 unspecified atom stereocenters. The van der Waals surface area contributed by atoms with Crippen molar-refractivity contribution in [3.8, 4) is 12.3 Å². The van der Waals surface area contributed by atoms with Crippen LogP contribution in [-0.2, 0) is 4.74 Å². The van der Waals surface area contributed by atoms with Gasteiger partial charge in [-0.25, -0.2) is 0 Å². The summed E-state index contributed by atoms with van der Waals surface area (Å²) >= 11 is 0. The van der Waals surface area contributed by atoms with E-state index in [0.717, 1.165) is 18.8 Å². The maximum absolute atomic E-state index is 6.22. The summed E-state index contributed by atoms with van der Waals surface area (Å²) in [7, 11) is 0. The Kier molecular flexibility index (Phi) is 5.90. The number of likely N-dealkylation sites (tertiary alicyclic amines) is 2. The largest absolute Gasteiger partial charge is 0.375 e. The zero-order valence-electron chi connectivity index (χ0n) is 16.0. The van der Waals surface area contributed by atoms with E-state index in [0.29, 0.717) is 23.7 Å². The Morgan fingerprint density at radius 1 is 0.958 bits per heavy atom. The van der Waals surface area contributed by atoms with Gasteiger partial charge in [0.25, 0.3) is 0 Å². The van der Waals surface area contributed by atoms with Gasteiger partial charge in [0.05, 0.1) is 12.2 Å². The monoisotopic (exact) mass is 332 g/mol. The summed E-state index contributed by atoms with van der Waals surface area (Å²) in [6, 6.07) is 0. The second kappa shape index (κ2) is 7.77. The zero-order chi connectivity index (χ0) is 17.2. The van der Waals surface area contributed by atoms with Crippen molar-refractivity contribution in [1.29, 1.82) is 0 Å². The summed E-state index contributed by atoms with van der Waals surface area (Å²) in [4.78, 5) is 5.33. The molecular formula is C21H36N2O. The van der Waals surface area contributed by atoms with Crippen molar-refractivity contribution in [2.45, 2.75) is 77.0 Å². The van der Waals surface area contributed by atoms with Gasteiger partial charge in [0.1, 0.15) is 0 Å². The fraction of sp³-hybridized carbons (Fsp3) is 0.905. The second-order valence-electron chi connectivity index (χ2n) is 9.19. The Hall–Kier alpha value is -0.560. The van der Waals surface area contributed by atoms with Crippen LogP contribution < -0.4 is 0 Å². The van der Waals surface area contributed by atoms with Crippen molar-refractivity contribution in [1.82, 2.24) is 9.80 Å². The first-order valence-electron chi connectivity index (χ1n) is 10.0. The Labute approximate surface area is 149 Å². The standard InChI is InChI=1S/C21H36N2O/c1-5-17-14-20(15-17)24-19-8-10-22(11-9-19)16-18-6-12-23(13-7-18)21(2,3)4/h1,17-20H,6-16H2,2-4H3. The lowest BCUT2D eigenvalue weighted by Crippen LogP contribution is -2.48. The van der Waals surface area contributed by atoms with Gasteiger partial charge in [-0.15, -0.1) is 12.3 Å². The zero-order valence-corrected chi connectivity index (χ0v) is 16.0. The molecule has 0 radical (unpaired) electrons. The van der Waals surface area contributed by atoms with Crippen LogP contribution in [0.1, 0.15) is 59.3 Å². The minimum atomic E-state index is 0.334. The molecule has 0 amide bonds. The van der Waals surface area contributed by atoms with Crippen molar-refractivity contribution in [2.24, 2.45) is 11.8 Å². The molecule has 2 heterocycles. The van der Waals surface area contributed by atoms with Crippen molar-refractivity contribution in [3.05, 3.63) is 0 Å². The molecular weight excluding hydrogens is 296 g/mol. The average molecular weight is 333 g/mol. The molecule has 0 aromatic rings. The highest BCUT2D eigenvalue weighted by molar-refractivity contribution is 5.01. The van der Waals surface area contributed by atoms with E-state index in [9.17, 15) is 0 Å². The summed E-state index contributed by atoms with van der Waals surface area (Å²) in [6.45, 7) is 13.3. The van der Waals surface area contributed by atoms with Crippen LogP contribution in [0.25, 0.3) is 0 Å². The van der Waals surface area contributed by atoms with Crippen molar-refractivity contribution < 1.29 is 4.74 Å². The third kappa shape index (κ3) is 4.75. The van der Waals surface area contributed by atoms with E-state index in [2.05, 4.69) is 36.5 Å². The number of piperidine rings is 2. The molecule has 3 fully saturated rings. The molecule has 136 valence electrons. The molecule has 3 heteroatoms. The van der Waals surface area contributed by atoms with Crippen LogP contribution in [0, 0.1) is 24.2 Å². The van der Waals surface area contributed by atoms with E-state index in [1.807, 2.05) is 0 Å². The van der Waals surface area contributed by atoms with Gasteiger partial charge in [0.15, 0.2) is 0 Å². The molecule has 0 aromatic carbocycles. The van der Waals surface area contributed by atoms with E-state index in [1.165, 1.54) is 58.4 Å². The topological polar surface area (TPSA) is 15.7 Å². The maximum atomic E-state index is 6.22. The predicted molar refractivity (Wildman–Crippen MR) is 99.9 cm³/mol. The molecule has 3 nitrogen and oxygen atoms in total. The summed E-state index contributed by atoms with van der Waals surface area (Å²) < 4.78 is 6.22. The van der Waals surface area contributed by atoms with E-state index in [4.69, 9.17) is 11.2 Å². The molecule has 1 saturated carbocycles. The molecule has 1 aliphatic carbocycles. The molecule has 0 bridgehead atoms. The van der Waals surface area contributed by atoms with Gasteiger partial charge in [-0.2, -0.15) is 0 Å². The summed E-state index contributed by atoms with van der Waals surface area (Å²) in [5.41, 5.74) is 0.334. The van der Waals surface area contributed by atoms with E-state index in [1.54, 1.807) is 0 Å². The van der Waals surface area contributed by atoms with Gasteiger partial charge in [-0.1, -0.05) is 0 Å². The third-order valence-electron chi connectivity index (χ3n) is 6.33. The molecule has 3 rings (SSSR count). The van der Waals surface area contributed by atoms with Crippen LogP contribution in [0.2, 0.25) is 0 Å². The van der Waals surface area contributed by atoms with Crippen LogP contribution in [0.4, 0.5) is 0 Å². The first-order valence-corrected chi connectivity index (χ1v) is 10.0. The molecule has 2 saturated heterocycles. The fourth-order valence-electron chi connectivity index (χ4n) is 4.46. The third-order valence-corrected chi connectivity index (χ3v) is 6.33. The molecule has 0 spiro atoms. The maximum Gasteiger partial charge on any atom is 0.0603 e. The van der Waals surface area contributed by atoms with Crippen molar-refractivity contribution >= 4 is 0 Å². The van der Waals surface area contributed by atoms with Crippen LogP contribution in [0.5, 0.6) is 0 Å². The van der Waals surface area contributed by atoms with Crippen LogP contribution in [0.15, 0.2) is 0 Å². The summed E-state index contributed by atoms with van der Waals surface area (Å²) in [5.74, 6) is 4.22. The van der Waals surface area contributed by atoms with Crippen LogP contribution in [0.3, 0.4) is 0 Å². The van der Waals surface area contributed by atoms with Gasteiger partial charge in [-0.3, -0.25) is 4.90 Å². The molecule has 0 aromatic heterocycles. The molecule has 24 heavy (non-hydrogen) atoms. The highest BCUT2D eigenvalue weighted by Crippen LogP contribution is 2.32. The fourth-order valence-corrected chi connectivity index (χ4v) is 4.46. The Morgan fingerprint density at radius 3 is 2.12 bits per heavy atom. The van der Waals surface area contributed by atoms with Crippen LogP contribution in [-0.4, -0.2) is 60.3 Å². The minimum absolute atomic E-state index is 0.334. The number of nitrogens with zero attached hydrogens (tertiary/aromatic N) is 2. The normalized spacial score (nSPS) is 31.6. The molecule has 2 aliphatic heterocycles. The lowest BCUT2D eigenvalue weighted by molar-refractivity contribution is -0.0859. The average Bonchev–Trinajstić information content (AvgIpc) is 2.52. The lowest BCUT2D eigenvalue weighted by Gasteiger charge is -2.43. The predicted octanol–water partition coefficient (Wildman–Crippen LogP) is 3.39. The number of rotatable bonds is 4. The first-order chi connectivity index (χ1) is 11.4. The Bertz CT molecular complexity index is 428. The summed E-state index contributed by atoms with van der Waals surface area (Å²) in [6.07, 6.45) is 13.7. The van der Waals surface area contributed by atoms with Gasteiger partial charge < -0.3 is 9.64 Å². The van der Waals surface area contributed by atoms with E-state index in [-0.39, 0.29) is 0 Å². The highest BCUT2D eigenvalue weighted by atomic mass is 16.5.